The summed E-state index contributed by atoms with van der Waals surface area (Å²) in [5, 5.41) is 14.4. The predicted molar refractivity (Wildman–Crippen MR) is 75.2 cm³/mol. The molecule has 0 aromatic carbocycles. The lowest BCUT2D eigenvalue weighted by atomic mass is 9.99. The molecule has 0 spiro atoms. The highest BCUT2D eigenvalue weighted by atomic mass is 16.3. The van der Waals surface area contributed by atoms with Crippen LogP contribution >= 0.6 is 0 Å². The van der Waals surface area contributed by atoms with Crippen LogP contribution in [0.4, 0.5) is 4.79 Å². The van der Waals surface area contributed by atoms with Crippen LogP contribution in [0.25, 0.3) is 0 Å². The van der Waals surface area contributed by atoms with Crippen molar-refractivity contribution in [3.05, 3.63) is 0 Å². The highest BCUT2D eigenvalue weighted by Crippen LogP contribution is 2.17. The van der Waals surface area contributed by atoms with Gasteiger partial charge in [0.2, 0.25) is 5.91 Å². The molecular weight excluding hydrogens is 258 g/mol. The van der Waals surface area contributed by atoms with Crippen LogP contribution in [0, 0.1) is 5.92 Å². The summed E-state index contributed by atoms with van der Waals surface area (Å²) in [6, 6.07) is -0.158. The fourth-order valence-corrected chi connectivity index (χ4v) is 3.10. The van der Waals surface area contributed by atoms with Crippen molar-refractivity contribution in [2.24, 2.45) is 5.92 Å². The summed E-state index contributed by atoms with van der Waals surface area (Å²) in [7, 11) is 0. The lowest BCUT2D eigenvalue weighted by molar-refractivity contribution is -0.121. The molecule has 1 atom stereocenters. The summed E-state index contributed by atoms with van der Waals surface area (Å²) in [4.78, 5) is 25.5. The Morgan fingerprint density at radius 1 is 1.15 bits per heavy atom. The number of aliphatic hydroxyl groups excluding tert-OH is 1. The molecule has 1 unspecified atom stereocenters. The predicted octanol–water partition coefficient (Wildman–Crippen LogP) is 0.459. The molecule has 3 N–H and O–H groups in total. The van der Waals surface area contributed by atoms with Crippen LogP contribution in [-0.4, -0.2) is 54.2 Å². The van der Waals surface area contributed by atoms with Crippen molar-refractivity contribution < 1.29 is 14.7 Å². The third-order valence-corrected chi connectivity index (χ3v) is 4.17. The maximum atomic E-state index is 11.8. The van der Waals surface area contributed by atoms with Gasteiger partial charge in [0.1, 0.15) is 0 Å². The van der Waals surface area contributed by atoms with Crippen LogP contribution in [0.5, 0.6) is 0 Å². The van der Waals surface area contributed by atoms with Gasteiger partial charge in [-0.1, -0.05) is 12.8 Å². The molecule has 0 radical (unpaired) electrons. The zero-order valence-corrected chi connectivity index (χ0v) is 11.9. The first-order chi connectivity index (χ1) is 9.67. The number of nitrogens with one attached hydrogen (secondary N) is 2. The Bertz CT molecular complexity index is 343. The van der Waals surface area contributed by atoms with Gasteiger partial charge >= 0.3 is 6.03 Å². The van der Waals surface area contributed by atoms with Crippen LogP contribution in [0.2, 0.25) is 0 Å². The van der Waals surface area contributed by atoms with Gasteiger partial charge in [-0.05, 0) is 38.1 Å². The number of hydrogen-bond acceptors (Lipinski definition) is 4. The van der Waals surface area contributed by atoms with Gasteiger partial charge in [0, 0.05) is 19.2 Å². The van der Waals surface area contributed by atoms with Crippen molar-refractivity contribution in [2.75, 3.05) is 26.2 Å². The lowest BCUT2D eigenvalue weighted by Crippen LogP contribution is -2.48. The maximum absolute atomic E-state index is 11.8. The van der Waals surface area contributed by atoms with E-state index in [1.54, 1.807) is 0 Å². The molecule has 3 amide bonds. The second-order valence-electron chi connectivity index (χ2n) is 5.93. The van der Waals surface area contributed by atoms with Gasteiger partial charge in [-0.2, -0.15) is 0 Å². The number of nitrogens with zero attached hydrogens (tertiary/aromatic N) is 1. The van der Waals surface area contributed by atoms with Crippen LogP contribution < -0.4 is 10.6 Å². The number of amides is 3. The average Bonchev–Trinajstić information content (AvgIpc) is 2.91. The molecule has 1 aliphatic carbocycles. The SMILES string of the molecule is O=C(CN1CCCC(CO)C1)NC(=O)NC1CCCC1. The first-order valence-corrected chi connectivity index (χ1v) is 7.61. The minimum absolute atomic E-state index is 0.167. The van der Waals surface area contributed by atoms with E-state index in [1.807, 2.05) is 4.90 Å². The summed E-state index contributed by atoms with van der Waals surface area (Å²) in [5.41, 5.74) is 0. The van der Waals surface area contributed by atoms with E-state index in [4.69, 9.17) is 5.11 Å². The van der Waals surface area contributed by atoms with Gasteiger partial charge in [-0.15, -0.1) is 0 Å². The highest BCUT2D eigenvalue weighted by Gasteiger charge is 2.22. The summed E-state index contributed by atoms with van der Waals surface area (Å²) >= 11 is 0. The molecule has 0 aromatic heterocycles. The molecule has 6 heteroatoms. The summed E-state index contributed by atoms with van der Waals surface area (Å²) in [6.45, 7) is 1.98. The van der Waals surface area contributed by atoms with Crippen LogP contribution in [0.3, 0.4) is 0 Å². The number of likely N-dealkylation sites (tertiary alicyclic amines) is 1. The molecule has 6 nitrogen and oxygen atoms in total. The van der Waals surface area contributed by atoms with Crippen molar-refractivity contribution in [2.45, 2.75) is 44.6 Å². The first-order valence-electron chi connectivity index (χ1n) is 7.61. The molecule has 0 bridgehead atoms. The molecule has 1 heterocycles. The smallest absolute Gasteiger partial charge is 0.321 e. The molecule has 2 fully saturated rings. The Morgan fingerprint density at radius 2 is 1.90 bits per heavy atom. The average molecular weight is 283 g/mol. The zero-order chi connectivity index (χ0) is 14.4. The Kier molecular flexibility index (Phi) is 5.79. The fourth-order valence-electron chi connectivity index (χ4n) is 3.10. The van der Waals surface area contributed by atoms with E-state index in [1.165, 1.54) is 0 Å². The highest BCUT2D eigenvalue weighted by molar-refractivity contribution is 5.95. The largest absolute Gasteiger partial charge is 0.396 e. The van der Waals surface area contributed by atoms with Gasteiger partial charge < -0.3 is 10.4 Å². The Morgan fingerprint density at radius 3 is 2.60 bits per heavy atom. The quantitative estimate of drug-likeness (QED) is 0.700. The fraction of sp³-hybridized carbons (Fsp3) is 0.857. The number of aliphatic hydroxyl groups is 1. The van der Waals surface area contributed by atoms with E-state index in [2.05, 4.69) is 10.6 Å². The van der Waals surface area contributed by atoms with Gasteiger partial charge in [0.15, 0.2) is 0 Å². The summed E-state index contributed by atoms with van der Waals surface area (Å²) < 4.78 is 0. The number of rotatable bonds is 4. The Hall–Kier alpha value is -1.14. The molecule has 114 valence electrons. The van der Waals surface area contributed by atoms with E-state index >= 15 is 0 Å². The van der Waals surface area contributed by atoms with Crippen LogP contribution in [0.15, 0.2) is 0 Å². The van der Waals surface area contributed by atoms with E-state index in [9.17, 15) is 9.59 Å². The number of imide groups is 1. The second-order valence-corrected chi connectivity index (χ2v) is 5.93. The summed E-state index contributed by atoms with van der Waals surface area (Å²) in [6.07, 6.45) is 6.31. The van der Waals surface area contributed by atoms with Gasteiger partial charge in [-0.25, -0.2) is 4.79 Å². The van der Waals surface area contributed by atoms with E-state index < -0.39 is 0 Å². The second kappa shape index (κ2) is 7.59. The van der Waals surface area contributed by atoms with Crippen LogP contribution in [-0.2, 0) is 4.79 Å². The third kappa shape index (κ3) is 4.76. The van der Waals surface area contributed by atoms with Crippen molar-refractivity contribution in [3.8, 4) is 0 Å². The number of urea groups is 1. The number of carbonyl (C=O) groups is 2. The van der Waals surface area contributed by atoms with Crippen LogP contribution in [0.1, 0.15) is 38.5 Å². The molecule has 2 rings (SSSR count). The van der Waals surface area contributed by atoms with Gasteiger partial charge in [0.05, 0.1) is 6.54 Å². The number of carbonyl (C=O) groups excluding carboxylic acids is 2. The Labute approximate surface area is 119 Å². The standard InChI is InChI=1S/C14H25N3O3/c18-10-11-4-3-7-17(8-11)9-13(19)16-14(20)15-12-5-1-2-6-12/h11-12,18H,1-10H2,(H2,15,16,19,20). The summed E-state index contributed by atoms with van der Waals surface area (Å²) in [5.74, 6) is -0.0112. The minimum Gasteiger partial charge on any atom is -0.396 e. The normalized spacial score (nSPS) is 24.6. The molecular formula is C14H25N3O3. The van der Waals surface area contributed by atoms with E-state index in [0.29, 0.717) is 0 Å². The molecule has 20 heavy (non-hydrogen) atoms. The van der Waals surface area contributed by atoms with Crippen molar-refractivity contribution >= 4 is 11.9 Å². The third-order valence-electron chi connectivity index (χ3n) is 4.17. The molecule has 1 aliphatic heterocycles. The topological polar surface area (TPSA) is 81.7 Å². The first kappa shape index (κ1) is 15.3. The molecule has 1 saturated carbocycles. The number of hydrogen-bond donors (Lipinski definition) is 3. The van der Waals surface area contributed by atoms with Crippen molar-refractivity contribution in [3.63, 3.8) is 0 Å². The van der Waals surface area contributed by atoms with E-state index in [0.717, 1.165) is 51.6 Å². The maximum Gasteiger partial charge on any atom is 0.321 e. The van der Waals surface area contributed by atoms with Gasteiger partial charge in [-0.3, -0.25) is 15.0 Å². The van der Waals surface area contributed by atoms with Crippen molar-refractivity contribution in [1.29, 1.82) is 0 Å². The Balaban J connectivity index is 1.67. The van der Waals surface area contributed by atoms with E-state index in [-0.39, 0.29) is 37.0 Å². The zero-order valence-electron chi connectivity index (χ0n) is 11.9. The molecule has 1 saturated heterocycles. The molecule has 0 aromatic rings. The minimum atomic E-state index is -0.377. The number of piperidine rings is 1. The molecule has 2 aliphatic rings. The van der Waals surface area contributed by atoms with Gasteiger partial charge in [0.25, 0.3) is 0 Å². The van der Waals surface area contributed by atoms with Crippen molar-refractivity contribution in [1.82, 2.24) is 15.5 Å². The lowest BCUT2D eigenvalue weighted by Gasteiger charge is -2.31. The monoisotopic (exact) mass is 283 g/mol.